The molecule has 1 aromatic carbocycles. The maximum absolute atomic E-state index is 6.19. The number of nitrogens with one attached hydrogen (secondary N) is 1. The van der Waals surface area contributed by atoms with Gasteiger partial charge in [-0.1, -0.05) is 49.7 Å². The average molecular weight is 310 g/mol. The van der Waals surface area contributed by atoms with E-state index in [2.05, 4.69) is 37.7 Å². The summed E-state index contributed by atoms with van der Waals surface area (Å²) in [5.41, 5.74) is 4.48. The summed E-state index contributed by atoms with van der Waals surface area (Å²) in [6.07, 6.45) is 5.17. The summed E-state index contributed by atoms with van der Waals surface area (Å²) in [5.74, 6) is 0. The predicted octanol–water partition coefficient (Wildman–Crippen LogP) is 5.51. The summed E-state index contributed by atoms with van der Waals surface area (Å²) in [6.45, 7) is 12.2. The number of rotatable bonds is 8. The van der Waals surface area contributed by atoms with Crippen molar-refractivity contribution in [3.05, 3.63) is 53.2 Å². The normalized spacial score (nSPS) is 12.0. The molecule has 1 rings (SSSR count). The van der Waals surface area contributed by atoms with Gasteiger partial charge in [-0.25, -0.2) is 0 Å². The minimum Gasteiger partial charge on any atom is -0.377 e. The maximum atomic E-state index is 6.19. The van der Waals surface area contributed by atoms with Crippen LogP contribution >= 0.6 is 23.4 Å². The Morgan fingerprint density at radius 1 is 1.35 bits per heavy atom. The Balaban J connectivity index is 2.79. The molecule has 20 heavy (non-hydrogen) atoms. The van der Waals surface area contributed by atoms with E-state index in [4.69, 9.17) is 11.6 Å². The number of thioether (sulfide) groups is 1. The second kappa shape index (κ2) is 8.43. The first kappa shape index (κ1) is 17.2. The zero-order valence-corrected chi connectivity index (χ0v) is 14.2. The molecule has 0 aliphatic heterocycles. The molecule has 0 aliphatic carbocycles. The number of hydrogen-bond donors (Lipinski definition) is 1. The van der Waals surface area contributed by atoms with Crippen LogP contribution in [0.2, 0.25) is 5.02 Å². The molecule has 0 spiro atoms. The van der Waals surface area contributed by atoms with Gasteiger partial charge >= 0.3 is 0 Å². The van der Waals surface area contributed by atoms with Crippen molar-refractivity contribution in [3.8, 4) is 0 Å². The highest BCUT2D eigenvalue weighted by Gasteiger charge is 2.10. The van der Waals surface area contributed by atoms with Crippen molar-refractivity contribution in [1.29, 1.82) is 0 Å². The van der Waals surface area contributed by atoms with Crippen LogP contribution in [0.5, 0.6) is 0 Å². The Morgan fingerprint density at radius 3 is 2.60 bits per heavy atom. The van der Waals surface area contributed by atoms with Gasteiger partial charge < -0.3 is 5.32 Å². The van der Waals surface area contributed by atoms with Crippen molar-refractivity contribution in [1.82, 2.24) is 5.32 Å². The molecule has 1 aromatic rings. The maximum Gasteiger partial charge on any atom is 0.0757 e. The molecule has 1 unspecified atom stereocenters. The van der Waals surface area contributed by atoms with Gasteiger partial charge in [0.15, 0.2) is 0 Å². The largest absolute Gasteiger partial charge is 0.377 e. The average Bonchev–Trinajstić information content (AvgIpc) is 2.37. The molecule has 0 aliphatic rings. The van der Waals surface area contributed by atoms with Crippen LogP contribution in [0.25, 0.3) is 5.57 Å². The molecule has 1 N–H and O–H groups in total. The molecule has 110 valence electrons. The number of benzene rings is 1. The van der Waals surface area contributed by atoms with Crippen molar-refractivity contribution in [2.24, 2.45) is 0 Å². The van der Waals surface area contributed by atoms with E-state index in [0.717, 1.165) is 41.1 Å². The molecule has 0 saturated carbocycles. The van der Waals surface area contributed by atoms with Gasteiger partial charge in [-0.3, -0.25) is 0 Å². The van der Waals surface area contributed by atoms with Gasteiger partial charge in [-0.05, 0) is 42.9 Å². The van der Waals surface area contributed by atoms with Crippen molar-refractivity contribution < 1.29 is 0 Å². The van der Waals surface area contributed by atoms with E-state index >= 15 is 0 Å². The SMILES string of the molecule is C=C(CCC)NC(Cc1cc(Cl)cc(C(=C)C)c1)SC. The summed E-state index contributed by atoms with van der Waals surface area (Å²) in [7, 11) is 0. The predicted molar refractivity (Wildman–Crippen MR) is 94.4 cm³/mol. The van der Waals surface area contributed by atoms with Crippen LogP contribution in [0.4, 0.5) is 0 Å². The lowest BCUT2D eigenvalue weighted by molar-refractivity contribution is 0.694. The van der Waals surface area contributed by atoms with Crippen LogP contribution in [0.1, 0.15) is 37.8 Å². The van der Waals surface area contributed by atoms with Gasteiger partial charge in [0, 0.05) is 17.1 Å². The summed E-state index contributed by atoms with van der Waals surface area (Å²) in [4.78, 5) is 0. The van der Waals surface area contributed by atoms with E-state index in [1.807, 2.05) is 19.1 Å². The second-order valence-electron chi connectivity index (χ2n) is 5.05. The lowest BCUT2D eigenvalue weighted by Gasteiger charge is -2.20. The van der Waals surface area contributed by atoms with E-state index in [1.165, 1.54) is 5.56 Å². The third kappa shape index (κ3) is 5.64. The van der Waals surface area contributed by atoms with Gasteiger partial charge in [-0.2, -0.15) is 0 Å². The third-order valence-electron chi connectivity index (χ3n) is 3.07. The molecule has 0 fully saturated rings. The van der Waals surface area contributed by atoms with E-state index in [0.29, 0.717) is 5.37 Å². The standard InChI is InChI=1S/C17H24ClNS/c1-6-7-13(4)19-17(20-5)10-14-8-15(12(2)3)11-16(18)9-14/h8-9,11,17,19H,2,4,6-7,10H2,1,3,5H3. The van der Waals surface area contributed by atoms with Gasteiger partial charge in [0.2, 0.25) is 0 Å². The molecule has 0 radical (unpaired) electrons. The lowest BCUT2D eigenvalue weighted by atomic mass is 10.0. The number of allylic oxidation sites excluding steroid dienone is 2. The van der Waals surface area contributed by atoms with Gasteiger partial charge in [0.1, 0.15) is 0 Å². The van der Waals surface area contributed by atoms with Crippen LogP contribution in [-0.4, -0.2) is 11.6 Å². The summed E-state index contributed by atoms with van der Waals surface area (Å²) in [6, 6.07) is 6.16. The third-order valence-corrected chi connectivity index (χ3v) is 4.14. The first-order valence-electron chi connectivity index (χ1n) is 6.88. The fourth-order valence-electron chi connectivity index (χ4n) is 2.02. The minimum absolute atomic E-state index is 0.325. The highest BCUT2D eigenvalue weighted by atomic mass is 35.5. The van der Waals surface area contributed by atoms with Crippen LogP contribution in [0.15, 0.2) is 37.1 Å². The molecule has 1 atom stereocenters. The van der Waals surface area contributed by atoms with Crippen LogP contribution in [0, 0.1) is 0 Å². The van der Waals surface area contributed by atoms with Gasteiger partial charge in [0.05, 0.1) is 5.37 Å². The molecule has 3 heteroatoms. The van der Waals surface area contributed by atoms with E-state index < -0.39 is 0 Å². The van der Waals surface area contributed by atoms with Crippen molar-refractivity contribution in [3.63, 3.8) is 0 Å². The minimum atomic E-state index is 0.325. The Kier molecular flexibility index (Phi) is 7.25. The first-order valence-corrected chi connectivity index (χ1v) is 8.55. The van der Waals surface area contributed by atoms with E-state index in [1.54, 1.807) is 11.8 Å². The monoisotopic (exact) mass is 309 g/mol. The van der Waals surface area contributed by atoms with E-state index in [-0.39, 0.29) is 0 Å². The fourth-order valence-corrected chi connectivity index (χ4v) is 2.92. The topological polar surface area (TPSA) is 12.0 Å². The molecular weight excluding hydrogens is 286 g/mol. The Bertz CT molecular complexity index is 482. The Labute approximate surface area is 132 Å². The summed E-state index contributed by atoms with van der Waals surface area (Å²) in [5, 5.41) is 4.58. The quantitative estimate of drug-likeness (QED) is 0.636. The molecular formula is C17H24ClNS. The summed E-state index contributed by atoms with van der Waals surface area (Å²) < 4.78 is 0. The molecule has 0 heterocycles. The highest BCUT2D eigenvalue weighted by Crippen LogP contribution is 2.23. The second-order valence-corrected chi connectivity index (χ2v) is 6.53. The zero-order chi connectivity index (χ0) is 15.1. The Hall–Kier alpha value is -0.860. The molecule has 0 saturated heterocycles. The lowest BCUT2D eigenvalue weighted by Crippen LogP contribution is -2.26. The van der Waals surface area contributed by atoms with Gasteiger partial charge in [-0.15, -0.1) is 11.8 Å². The van der Waals surface area contributed by atoms with Crippen molar-refractivity contribution in [2.75, 3.05) is 6.26 Å². The Morgan fingerprint density at radius 2 is 2.05 bits per heavy atom. The fraction of sp³-hybridized carbons (Fsp3) is 0.412. The van der Waals surface area contributed by atoms with Crippen molar-refractivity contribution in [2.45, 2.75) is 38.5 Å². The van der Waals surface area contributed by atoms with Crippen LogP contribution in [-0.2, 0) is 6.42 Å². The number of hydrogen-bond acceptors (Lipinski definition) is 2. The highest BCUT2D eigenvalue weighted by molar-refractivity contribution is 7.99. The smallest absolute Gasteiger partial charge is 0.0757 e. The van der Waals surface area contributed by atoms with E-state index in [9.17, 15) is 0 Å². The van der Waals surface area contributed by atoms with Crippen LogP contribution in [0.3, 0.4) is 0 Å². The van der Waals surface area contributed by atoms with Crippen LogP contribution < -0.4 is 5.32 Å². The molecule has 0 amide bonds. The first-order chi connectivity index (χ1) is 9.46. The zero-order valence-electron chi connectivity index (χ0n) is 12.6. The summed E-state index contributed by atoms with van der Waals surface area (Å²) >= 11 is 7.99. The molecule has 1 nitrogen and oxygen atoms in total. The molecule has 0 aromatic heterocycles. The van der Waals surface area contributed by atoms with Crippen molar-refractivity contribution >= 4 is 28.9 Å². The van der Waals surface area contributed by atoms with Gasteiger partial charge in [0.25, 0.3) is 0 Å². The molecule has 0 bridgehead atoms. The number of halogens is 1.